The molecule has 0 radical (unpaired) electrons. The highest BCUT2D eigenvalue weighted by Gasteiger charge is 2.86. The Morgan fingerprint density at radius 3 is 2.72 bits per heavy atom. The summed E-state index contributed by atoms with van der Waals surface area (Å²) in [5, 5.41) is 0. The van der Waals surface area contributed by atoms with Crippen molar-refractivity contribution in [1.82, 2.24) is 4.90 Å². The van der Waals surface area contributed by atoms with E-state index in [9.17, 15) is 0 Å². The molecule has 0 amide bonds. The van der Waals surface area contributed by atoms with Gasteiger partial charge in [-0.15, -0.1) is 0 Å². The number of rotatable bonds is 5. The van der Waals surface area contributed by atoms with E-state index in [2.05, 4.69) is 24.0 Å². The molecule has 4 bridgehead atoms. The van der Waals surface area contributed by atoms with Crippen molar-refractivity contribution in [3.63, 3.8) is 0 Å². The highest BCUT2D eigenvalue weighted by Crippen LogP contribution is 2.83. The molecule has 2 heterocycles. The maximum Gasteiger partial charge on any atom is 0.165 e. The van der Waals surface area contributed by atoms with Crippen LogP contribution in [0.15, 0.2) is 12.1 Å². The summed E-state index contributed by atoms with van der Waals surface area (Å²) in [6.07, 6.45) is 10.2. The average molecular weight is 396 g/mol. The van der Waals surface area contributed by atoms with Crippen LogP contribution in [0.5, 0.6) is 11.5 Å². The monoisotopic (exact) mass is 395 g/mol. The topological polar surface area (TPSA) is 30.9 Å². The van der Waals surface area contributed by atoms with E-state index in [0.717, 1.165) is 30.4 Å². The molecule has 0 N–H and O–H groups in total. The van der Waals surface area contributed by atoms with Crippen molar-refractivity contribution in [2.24, 2.45) is 10.8 Å². The van der Waals surface area contributed by atoms with Crippen LogP contribution < -0.4 is 9.47 Å². The van der Waals surface area contributed by atoms with Crippen LogP contribution in [0.25, 0.3) is 0 Å². The maximum atomic E-state index is 6.94. The molecule has 7 aliphatic rings. The standard InChI is InChI=1S/C25H33NO3/c1-4-5-12-26-15-22-13-16-6-7-17(27-2)19-18(16)25(14-22)21(29-19)24(28-3)10-8-23(25,9-11-24)20(22)26/h6-7,20-21H,4-5,8-15H2,1-3H3. The summed E-state index contributed by atoms with van der Waals surface area (Å²) in [7, 11) is 3.71. The summed E-state index contributed by atoms with van der Waals surface area (Å²) in [4.78, 5) is 2.88. The van der Waals surface area contributed by atoms with Gasteiger partial charge in [-0.2, -0.15) is 0 Å². The third kappa shape index (κ3) is 1.58. The van der Waals surface area contributed by atoms with Gasteiger partial charge in [-0.05, 0) is 63.1 Å². The van der Waals surface area contributed by atoms with Crippen LogP contribution in [0, 0.1) is 10.8 Å². The van der Waals surface area contributed by atoms with Crippen molar-refractivity contribution < 1.29 is 14.2 Å². The first-order valence-corrected chi connectivity index (χ1v) is 11.8. The lowest BCUT2D eigenvalue weighted by atomic mass is 9.43. The molecule has 2 aliphatic heterocycles. The van der Waals surface area contributed by atoms with Crippen LogP contribution in [0.3, 0.4) is 0 Å². The highest BCUT2D eigenvalue weighted by molar-refractivity contribution is 5.65. The van der Waals surface area contributed by atoms with Gasteiger partial charge in [0.1, 0.15) is 11.7 Å². The first kappa shape index (κ1) is 17.4. The van der Waals surface area contributed by atoms with Gasteiger partial charge in [0.15, 0.2) is 11.5 Å². The van der Waals surface area contributed by atoms with Crippen LogP contribution >= 0.6 is 0 Å². The molecule has 4 atom stereocenters. The van der Waals surface area contributed by atoms with Crippen LogP contribution in [0.4, 0.5) is 0 Å². The molecular weight excluding hydrogens is 362 g/mol. The number of fused-ring (bicyclic) bond motifs is 2. The first-order chi connectivity index (χ1) is 14.1. The summed E-state index contributed by atoms with van der Waals surface area (Å²) in [5.41, 5.74) is 3.88. The van der Waals surface area contributed by atoms with E-state index in [1.54, 1.807) is 12.7 Å². The third-order valence-electron chi connectivity index (χ3n) is 10.3. The summed E-state index contributed by atoms with van der Waals surface area (Å²) in [6, 6.07) is 5.24. The molecule has 1 saturated heterocycles. The Kier molecular flexibility index (Phi) is 3.08. The smallest absolute Gasteiger partial charge is 0.165 e. The Morgan fingerprint density at radius 1 is 1.17 bits per heavy atom. The zero-order chi connectivity index (χ0) is 19.6. The Morgan fingerprint density at radius 2 is 2.00 bits per heavy atom. The van der Waals surface area contributed by atoms with Crippen LogP contribution in [-0.2, 0) is 16.6 Å². The first-order valence-electron chi connectivity index (χ1n) is 11.8. The zero-order valence-corrected chi connectivity index (χ0v) is 18.1. The van der Waals surface area contributed by atoms with Crippen LogP contribution in [0.2, 0.25) is 0 Å². The number of hydrogen-bond acceptors (Lipinski definition) is 4. The largest absolute Gasteiger partial charge is 0.493 e. The summed E-state index contributed by atoms with van der Waals surface area (Å²) >= 11 is 0. The average Bonchev–Trinajstić information content (AvgIpc) is 3.17. The molecule has 156 valence electrons. The predicted octanol–water partition coefficient (Wildman–Crippen LogP) is 4.08. The molecule has 1 aromatic rings. The number of nitrogens with zero attached hydrogens (tertiary/aromatic N) is 1. The normalized spacial score (nSPS) is 47.4. The predicted molar refractivity (Wildman–Crippen MR) is 111 cm³/mol. The van der Waals surface area contributed by atoms with E-state index in [4.69, 9.17) is 14.2 Å². The molecule has 8 rings (SSSR count). The molecule has 3 spiro atoms. The minimum Gasteiger partial charge on any atom is -0.493 e. The Balaban J connectivity index is 1.48. The number of hydrogen-bond donors (Lipinski definition) is 0. The Bertz CT molecular complexity index is 904. The molecule has 4 saturated carbocycles. The number of likely N-dealkylation sites (tertiary alicyclic amines) is 1. The zero-order valence-electron chi connectivity index (χ0n) is 18.1. The van der Waals surface area contributed by atoms with Gasteiger partial charge in [0, 0.05) is 41.5 Å². The fourth-order valence-electron chi connectivity index (χ4n) is 9.61. The summed E-state index contributed by atoms with van der Waals surface area (Å²) < 4.78 is 19.1. The molecular formula is C25H33NO3. The number of methoxy groups -OCH3 is 2. The fraction of sp³-hybridized carbons (Fsp3) is 0.760. The van der Waals surface area contributed by atoms with E-state index < -0.39 is 0 Å². The van der Waals surface area contributed by atoms with Crippen LogP contribution in [-0.4, -0.2) is 50.0 Å². The van der Waals surface area contributed by atoms with Gasteiger partial charge in [-0.1, -0.05) is 19.4 Å². The number of ether oxygens (including phenoxy) is 3. The molecule has 4 heteroatoms. The van der Waals surface area contributed by atoms with Gasteiger partial charge in [0.25, 0.3) is 0 Å². The lowest BCUT2D eigenvalue weighted by molar-refractivity contribution is -0.223. The van der Waals surface area contributed by atoms with Crippen LogP contribution in [0.1, 0.15) is 63.0 Å². The van der Waals surface area contributed by atoms with Crippen molar-refractivity contribution in [2.75, 3.05) is 27.3 Å². The van der Waals surface area contributed by atoms with Crippen molar-refractivity contribution in [2.45, 2.75) is 81.5 Å². The van der Waals surface area contributed by atoms with Gasteiger partial charge < -0.3 is 14.2 Å². The lowest BCUT2D eigenvalue weighted by Crippen LogP contribution is -2.73. The summed E-state index contributed by atoms with van der Waals surface area (Å²) in [6.45, 7) is 4.88. The Hall–Kier alpha value is -1.26. The van der Waals surface area contributed by atoms with E-state index in [0.29, 0.717) is 10.8 Å². The molecule has 5 fully saturated rings. The number of unbranched alkanes of at least 4 members (excludes halogenated alkanes) is 1. The molecule has 29 heavy (non-hydrogen) atoms. The molecule has 4 unspecified atom stereocenters. The quantitative estimate of drug-likeness (QED) is 0.752. The minimum absolute atomic E-state index is 0.125. The molecule has 4 nitrogen and oxygen atoms in total. The second-order valence-corrected chi connectivity index (χ2v) is 11.0. The van der Waals surface area contributed by atoms with Crippen molar-refractivity contribution in [3.8, 4) is 11.5 Å². The van der Waals surface area contributed by atoms with Gasteiger partial charge >= 0.3 is 0 Å². The molecule has 0 aromatic heterocycles. The molecule has 1 aromatic carbocycles. The Labute approximate surface area is 173 Å². The minimum atomic E-state index is -0.125. The van der Waals surface area contributed by atoms with Gasteiger partial charge in [-0.25, -0.2) is 0 Å². The van der Waals surface area contributed by atoms with E-state index in [1.165, 1.54) is 57.2 Å². The SMILES string of the molecule is CCCCN1CC23Cc4ccc(OC)c5c4C4(C2)C(O5)C2(OC)CCC4(CC2)C13. The second kappa shape index (κ2) is 5.13. The van der Waals surface area contributed by atoms with E-state index in [-0.39, 0.29) is 17.1 Å². The summed E-state index contributed by atoms with van der Waals surface area (Å²) in [5.74, 6) is 1.98. The second-order valence-electron chi connectivity index (χ2n) is 11.0. The fourth-order valence-corrected chi connectivity index (χ4v) is 9.61. The number of benzene rings is 1. The molecule has 5 aliphatic carbocycles. The van der Waals surface area contributed by atoms with Gasteiger partial charge in [0.2, 0.25) is 0 Å². The van der Waals surface area contributed by atoms with E-state index in [1.807, 2.05) is 7.11 Å². The third-order valence-corrected chi connectivity index (χ3v) is 10.3. The van der Waals surface area contributed by atoms with Crippen molar-refractivity contribution in [1.29, 1.82) is 0 Å². The lowest BCUT2D eigenvalue weighted by Gasteiger charge is -2.66. The maximum absolute atomic E-state index is 6.94. The highest BCUT2D eigenvalue weighted by atomic mass is 16.6. The van der Waals surface area contributed by atoms with E-state index >= 15 is 0 Å². The van der Waals surface area contributed by atoms with Gasteiger partial charge in [-0.3, -0.25) is 4.90 Å². The van der Waals surface area contributed by atoms with Crippen molar-refractivity contribution in [3.05, 3.63) is 23.3 Å². The van der Waals surface area contributed by atoms with Gasteiger partial charge in [0.05, 0.1) is 7.11 Å². The van der Waals surface area contributed by atoms with Crippen molar-refractivity contribution >= 4 is 0 Å².